The van der Waals surface area contributed by atoms with E-state index in [4.69, 9.17) is 0 Å². The number of hydrogen-bond acceptors (Lipinski definition) is 2. The lowest BCUT2D eigenvalue weighted by Gasteiger charge is -2.22. The molecule has 0 radical (unpaired) electrons. The van der Waals surface area contributed by atoms with Gasteiger partial charge in [0.05, 0.1) is 6.20 Å². The summed E-state index contributed by atoms with van der Waals surface area (Å²) in [6.45, 7) is 2.03. The van der Waals surface area contributed by atoms with E-state index < -0.39 is 0 Å². The van der Waals surface area contributed by atoms with Gasteiger partial charge in [-0.1, -0.05) is 0 Å². The molecular weight excluding hydrogens is 238 g/mol. The maximum atomic E-state index is 12.8. The molecule has 1 aliphatic heterocycles. The molecule has 0 unspecified atom stereocenters. The zero-order chi connectivity index (χ0) is 9.10. The van der Waals surface area contributed by atoms with E-state index in [1.165, 1.54) is 12.6 Å². The van der Waals surface area contributed by atoms with Crippen molar-refractivity contribution < 1.29 is 4.39 Å². The molecule has 1 atom stereocenters. The Kier molecular flexibility index (Phi) is 6.81. The largest absolute Gasteiger partial charge is 0.316 e. The average Bonchev–Trinajstić information content (AvgIpc) is 2.19. The molecule has 1 aromatic rings. The molecule has 0 amide bonds. The van der Waals surface area contributed by atoms with Crippen LogP contribution >= 0.6 is 24.8 Å². The Labute approximate surface area is 101 Å². The van der Waals surface area contributed by atoms with Gasteiger partial charge in [0.15, 0.2) is 0 Å². The SMILES string of the molecule is Cl.Cl.Fc1cncc([C@H]2CCCNC2)c1. The lowest BCUT2D eigenvalue weighted by atomic mass is 9.93. The van der Waals surface area contributed by atoms with E-state index in [1.54, 1.807) is 12.3 Å². The van der Waals surface area contributed by atoms with Crippen LogP contribution < -0.4 is 5.32 Å². The molecule has 5 heteroatoms. The summed E-state index contributed by atoms with van der Waals surface area (Å²) in [5, 5.41) is 3.30. The molecule has 2 rings (SSSR count). The van der Waals surface area contributed by atoms with Crippen molar-refractivity contribution in [3.8, 4) is 0 Å². The molecule has 15 heavy (non-hydrogen) atoms. The summed E-state index contributed by atoms with van der Waals surface area (Å²) in [5.41, 5.74) is 1.02. The van der Waals surface area contributed by atoms with Crippen LogP contribution in [-0.4, -0.2) is 18.1 Å². The summed E-state index contributed by atoms with van der Waals surface area (Å²) in [7, 11) is 0. The first-order chi connectivity index (χ1) is 6.36. The lowest BCUT2D eigenvalue weighted by Crippen LogP contribution is -2.28. The number of nitrogens with one attached hydrogen (secondary N) is 1. The van der Waals surface area contributed by atoms with Gasteiger partial charge in [-0.15, -0.1) is 24.8 Å². The normalized spacial score (nSPS) is 19.9. The number of rotatable bonds is 1. The van der Waals surface area contributed by atoms with Gasteiger partial charge < -0.3 is 5.32 Å². The molecule has 1 fully saturated rings. The summed E-state index contributed by atoms with van der Waals surface area (Å²) >= 11 is 0. The van der Waals surface area contributed by atoms with Crippen molar-refractivity contribution in [3.63, 3.8) is 0 Å². The number of aromatic nitrogens is 1. The Bertz CT molecular complexity index is 291. The second-order valence-electron chi connectivity index (χ2n) is 3.48. The molecule has 0 aromatic carbocycles. The van der Waals surface area contributed by atoms with Gasteiger partial charge in [-0.3, -0.25) is 4.98 Å². The molecular formula is C10H15Cl2FN2. The summed E-state index contributed by atoms with van der Waals surface area (Å²) in [6.07, 6.45) is 5.32. The molecule has 86 valence electrons. The number of nitrogens with zero attached hydrogens (tertiary/aromatic N) is 1. The van der Waals surface area contributed by atoms with Crippen LogP contribution in [0.25, 0.3) is 0 Å². The van der Waals surface area contributed by atoms with Crippen LogP contribution in [0, 0.1) is 5.82 Å². The maximum Gasteiger partial charge on any atom is 0.141 e. The highest BCUT2D eigenvalue weighted by molar-refractivity contribution is 5.85. The highest BCUT2D eigenvalue weighted by Gasteiger charge is 2.15. The third kappa shape index (κ3) is 3.93. The van der Waals surface area contributed by atoms with Crippen molar-refractivity contribution in [1.29, 1.82) is 0 Å². The average molecular weight is 253 g/mol. The minimum Gasteiger partial charge on any atom is -0.316 e. The quantitative estimate of drug-likeness (QED) is 0.831. The Balaban J connectivity index is 0.000000980. The zero-order valence-corrected chi connectivity index (χ0v) is 9.91. The first kappa shape index (κ1) is 14.6. The molecule has 2 heterocycles. The van der Waals surface area contributed by atoms with Crippen molar-refractivity contribution in [2.45, 2.75) is 18.8 Å². The molecule has 1 aromatic heterocycles. The predicted molar refractivity (Wildman–Crippen MR) is 63.5 cm³/mol. The van der Waals surface area contributed by atoms with Crippen LogP contribution in [0.3, 0.4) is 0 Å². The van der Waals surface area contributed by atoms with E-state index in [0.29, 0.717) is 5.92 Å². The molecule has 2 nitrogen and oxygen atoms in total. The van der Waals surface area contributed by atoms with E-state index in [1.807, 2.05) is 0 Å². The fraction of sp³-hybridized carbons (Fsp3) is 0.500. The van der Waals surface area contributed by atoms with Crippen molar-refractivity contribution >= 4 is 24.8 Å². The molecule has 1 N–H and O–H groups in total. The fourth-order valence-electron chi connectivity index (χ4n) is 1.79. The van der Waals surface area contributed by atoms with E-state index in [9.17, 15) is 4.39 Å². The molecule has 0 saturated carbocycles. The second-order valence-corrected chi connectivity index (χ2v) is 3.48. The minimum absolute atomic E-state index is 0. The first-order valence-electron chi connectivity index (χ1n) is 4.67. The monoisotopic (exact) mass is 252 g/mol. The van der Waals surface area contributed by atoms with Gasteiger partial charge in [0.25, 0.3) is 0 Å². The Morgan fingerprint density at radius 3 is 2.73 bits per heavy atom. The van der Waals surface area contributed by atoms with Gasteiger partial charge in [-0.05, 0) is 36.9 Å². The van der Waals surface area contributed by atoms with Crippen molar-refractivity contribution in [3.05, 3.63) is 29.8 Å². The van der Waals surface area contributed by atoms with Crippen molar-refractivity contribution in [2.75, 3.05) is 13.1 Å². The summed E-state index contributed by atoms with van der Waals surface area (Å²) < 4.78 is 12.8. The van der Waals surface area contributed by atoms with Gasteiger partial charge in [-0.25, -0.2) is 4.39 Å². The van der Waals surface area contributed by atoms with Crippen LogP contribution in [0.1, 0.15) is 24.3 Å². The van der Waals surface area contributed by atoms with Crippen molar-refractivity contribution in [1.82, 2.24) is 10.3 Å². The third-order valence-corrected chi connectivity index (χ3v) is 2.49. The van der Waals surface area contributed by atoms with Gasteiger partial charge in [-0.2, -0.15) is 0 Å². The predicted octanol–water partition coefficient (Wildman–Crippen LogP) is 2.53. The third-order valence-electron chi connectivity index (χ3n) is 2.49. The van der Waals surface area contributed by atoms with Gasteiger partial charge in [0.2, 0.25) is 0 Å². The Morgan fingerprint density at radius 1 is 1.33 bits per heavy atom. The van der Waals surface area contributed by atoms with E-state index >= 15 is 0 Å². The summed E-state index contributed by atoms with van der Waals surface area (Å²) in [6, 6.07) is 1.59. The Hall–Kier alpha value is -0.380. The van der Waals surface area contributed by atoms with E-state index in [0.717, 1.165) is 25.1 Å². The second kappa shape index (κ2) is 6.99. The topological polar surface area (TPSA) is 24.9 Å². The van der Waals surface area contributed by atoms with Crippen LogP contribution in [-0.2, 0) is 0 Å². The van der Waals surface area contributed by atoms with E-state index in [2.05, 4.69) is 10.3 Å². The number of halogens is 3. The molecule has 1 saturated heterocycles. The van der Waals surface area contributed by atoms with Crippen molar-refractivity contribution in [2.24, 2.45) is 0 Å². The van der Waals surface area contributed by atoms with Crippen LogP contribution in [0.4, 0.5) is 4.39 Å². The Morgan fingerprint density at radius 2 is 2.13 bits per heavy atom. The van der Waals surface area contributed by atoms with Crippen LogP contribution in [0.5, 0.6) is 0 Å². The highest BCUT2D eigenvalue weighted by atomic mass is 35.5. The van der Waals surface area contributed by atoms with Gasteiger partial charge >= 0.3 is 0 Å². The molecule has 0 bridgehead atoms. The van der Waals surface area contributed by atoms with Gasteiger partial charge in [0.1, 0.15) is 5.82 Å². The fourth-order valence-corrected chi connectivity index (χ4v) is 1.79. The minimum atomic E-state index is -0.233. The maximum absolute atomic E-state index is 12.8. The number of pyridine rings is 1. The summed E-state index contributed by atoms with van der Waals surface area (Å²) in [4.78, 5) is 3.86. The standard InChI is InChI=1S/C10H13FN2.2ClH/c11-10-4-9(6-13-7-10)8-2-1-3-12-5-8;;/h4,6-8,12H,1-3,5H2;2*1H/t8-;;/m0../s1. The number of piperidine rings is 1. The highest BCUT2D eigenvalue weighted by Crippen LogP contribution is 2.22. The van der Waals surface area contributed by atoms with E-state index in [-0.39, 0.29) is 30.6 Å². The number of hydrogen-bond donors (Lipinski definition) is 1. The molecule has 0 aliphatic carbocycles. The van der Waals surface area contributed by atoms with Gasteiger partial charge in [0, 0.05) is 12.7 Å². The smallest absolute Gasteiger partial charge is 0.141 e. The zero-order valence-electron chi connectivity index (χ0n) is 8.28. The molecule has 0 spiro atoms. The molecule has 1 aliphatic rings. The lowest BCUT2D eigenvalue weighted by molar-refractivity contribution is 0.458. The van der Waals surface area contributed by atoms with Crippen LogP contribution in [0.15, 0.2) is 18.5 Å². The summed E-state index contributed by atoms with van der Waals surface area (Å²) in [5.74, 6) is 0.208. The van der Waals surface area contributed by atoms with Crippen LogP contribution in [0.2, 0.25) is 0 Å². The first-order valence-corrected chi connectivity index (χ1v) is 4.67.